The first-order valence-electron chi connectivity index (χ1n) is 0.612. The normalized spacial score (nSPS) is 4.00. The molecule has 4 N–H and O–H groups in total. The molecule has 0 amide bonds. The van der Waals surface area contributed by atoms with E-state index in [0.717, 1.165) is 0 Å². The molecule has 0 saturated heterocycles. The molecule has 0 radical (unpaired) electrons. The van der Waals surface area contributed by atoms with Gasteiger partial charge in [0.1, 0.15) is 0 Å². The van der Waals surface area contributed by atoms with Gasteiger partial charge in [0.05, 0.1) is 0 Å². The van der Waals surface area contributed by atoms with Gasteiger partial charge in [-0.15, -0.1) is 0 Å². The molecule has 6 heavy (non-hydrogen) atoms. The average molecular weight is 169 g/mol. The first-order valence-corrected chi connectivity index (χ1v) is 0.612. The Hall–Kier alpha value is 0.113. The molecule has 0 fully saturated rings. The van der Waals surface area contributed by atoms with E-state index in [9.17, 15) is 0 Å². The molecule has 0 aromatic carbocycles. The third-order valence-electron chi connectivity index (χ3n) is 0. The SMILES string of the molecule is O=C([O-])[O-].[NH4+].[Zr+4]. The zero-order valence-corrected chi connectivity index (χ0v) is 5.68. The van der Waals surface area contributed by atoms with Gasteiger partial charge in [0.15, 0.2) is 0 Å². The van der Waals surface area contributed by atoms with Crippen molar-refractivity contribution in [1.29, 1.82) is 0 Å². The third kappa shape index (κ3) is 3120. The fourth-order valence-corrected chi connectivity index (χ4v) is 0. The second-order valence-corrected chi connectivity index (χ2v) is 0.250. The Morgan fingerprint density at radius 1 is 1.33 bits per heavy atom. The van der Waals surface area contributed by atoms with Crippen molar-refractivity contribution in [2.45, 2.75) is 0 Å². The van der Waals surface area contributed by atoms with Crippen LogP contribution in [0.5, 0.6) is 0 Å². The molecule has 0 spiro atoms. The maximum atomic E-state index is 8.33. The van der Waals surface area contributed by atoms with Crippen LogP contribution in [0.3, 0.4) is 0 Å². The first kappa shape index (κ1) is 16.5. The Morgan fingerprint density at radius 2 is 1.33 bits per heavy atom. The van der Waals surface area contributed by atoms with E-state index in [0.29, 0.717) is 0 Å². The van der Waals surface area contributed by atoms with Gasteiger partial charge < -0.3 is 21.2 Å². The number of hydrogen-bond acceptors (Lipinski definition) is 3. The molecule has 0 heterocycles. The summed E-state index contributed by atoms with van der Waals surface area (Å²) >= 11 is 0. The second-order valence-electron chi connectivity index (χ2n) is 0.250. The van der Waals surface area contributed by atoms with E-state index >= 15 is 0 Å². The summed E-state index contributed by atoms with van der Waals surface area (Å²) in [5.41, 5.74) is 0. The Kier molecular flexibility index (Phi) is 24.5. The van der Waals surface area contributed by atoms with E-state index in [2.05, 4.69) is 0 Å². The van der Waals surface area contributed by atoms with Crippen LogP contribution in [0.25, 0.3) is 0 Å². The van der Waals surface area contributed by atoms with Gasteiger partial charge in [-0.3, -0.25) is 0 Å². The summed E-state index contributed by atoms with van der Waals surface area (Å²) in [6.45, 7) is 0. The summed E-state index contributed by atoms with van der Waals surface area (Å²) < 4.78 is 0. The van der Waals surface area contributed by atoms with Gasteiger partial charge in [-0.1, -0.05) is 0 Å². The third-order valence-corrected chi connectivity index (χ3v) is 0. The van der Waals surface area contributed by atoms with Crippen LogP contribution in [0.2, 0.25) is 0 Å². The van der Waals surface area contributed by atoms with E-state index in [4.69, 9.17) is 15.0 Å². The smallest absolute Gasteiger partial charge is 0.652 e. The molecular weight excluding hydrogens is 165 g/mol. The molecule has 0 aromatic rings. The van der Waals surface area contributed by atoms with Crippen LogP contribution < -0.4 is 16.4 Å². The quantitative estimate of drug-likeness (QED) is 0.450. The fourth-order valence-electron chi connectivity index (χ4n) is 0. The molecular formula is CH4NO3Zr+3. The van der Waals surface area contributed by atoms with Crippen molar-refractivity contribution in [2.24, 2.45) is 0 Å². The van der Waals surface area contributed by atoms with Crippen molar-refractivity contribution >= 4 is 6.16 Å². The summed E-state index contributed by atoms with van der Waals surface area (Å²) in [5, 5.41) is 16.7. The molecule has 0 bridgehead atoms. The molecule has 0 atom stereocenters. The van der Waals surface area contributed by atoms with Crippen LogP contribution in [-0.2, 0) is 26.2 Å². The van der Waals surface area contributed by atoms with Crippen molar-refractivity contribution in [1.82, 2.24) is 6.15 Å². The van der Waals surface area contributed by atoms with Gasteiger partial charge in [-0.2, -0.15) is 0 Å². The number of quaternary nitrogens is 1. The van der Waals surface area contributed by atoms with Gasteiger partial charge in [-0.25, -0.2) is 0 Å². The van der Waals surface area contributed by atoms with E-state index in [-0.39, 0.29) is 32.4 Å². The van der Waals surface area contributed by atoms with Crippen LogP contribution in [0, 0.1) is 0 Å². The minimum atomic E-state index is -2.33. The number of carboxylic acid groups (broad SMARTS) is 2. The van der Waals surface area contributed by atoms with E-state index in [1.807, 2.05) is 0 Å². The summed E-state index contributed by atoms with van der Waals surface area (Å²) in [6.07, 6.45) is -2.33. The molecule has 0 saturated carbocycles. The summed E-state index contributed by atoms with van der Waals surface area (Å²) in [7, 11) is 0. The minimum absolute atomic E-state index is 0. The van der Waals surface area contributed by atoms with Crippen LogP contribution >= 0.6 is 0 Å². The van der Waals surface area contributed by atoms with Gasteiger partial charge in [0.2, 0.25) is 0 Å². The van der Waals surface area contributed by atoms with Crippen molar-refractivity contribution < 1.29 is 41.2 Å². The zero-order chi connectivity index (χ0) is 3.58. The standard InChI is InChI=1S/CH2O3.H3N.Zr/c2-1(3)4;;/h(H2,2,3,4);1H3;/q;;+4/p-1. The van der Waals surface area contributed by atoms with Crippen LogP contribution in [0.15, 0.2) is 0 Å². The molecule has 5 heteroatoms. The van der Waals surface area contributed by atoms with Crippen LogP contribution in [-0.4, -0.2) is 6.16 Å². The molecule has 4 nitrogen and oxygen atoms in total. The average Bonchev–Trinajstić information content (AvgIpc) is 0.811. The summed E-state index contributed by atoms with van der Waals surface area (Å²) in [6, 6.07) is 0. The Morgan fingerprint density at radius 3 is 1.33 bits per heavy atom. The molecule has 0 aromatic heterocycles. The monoisotopic (exact) mass is 168 g/mol. The molecule has 0 rings (SSSR count). The first-order chi connectivity index (χ1) is 1.73. The number of carbonyl (C=O) groups excluding carboxylic acids is 1. The molecule has 32 valence electrons. The predicted molar refractivity (Wildman–Crippen MR) is 11.4 cm³/mol. The minimum Gasteiger partial charge on any atom is -0.652 e. The van der Waals surface area contributed by atoms with E-state index in [1.165, 1.54) is 0 Å². The molecule has 0 aliphatic rings. The van der Waals surface area contributed by atoms with Gasteiger partial charge in [-0.05, 0) is 6.16 Å². The topological polar surface area (TPSA) is 99.7 Å². The van der Waals surface area contributed by atoms with E-state index in [1.54, 1.807) is 0 Å². The zero-order valence-electron chi connectivity index (χ0n) is 3.22. The largest absolute Gasteiger partial charge is 4.00 e. The van der Waals surface area contributed by atoms with Crippen molar-refractivity contribution in [2.75, 3.05) is 0 Å². The fraction of sp³-hybridized carbons (Fsp3) is 0. The summed E-state index contributed by atoms with van der Waals surface area (Å²) in [5.74, 6) is 0. The number of hydrogen-bond donors (Lipinski definition) is 1. The Labute approximate surface area is 53.9 Å². The molecule has 0 aliphatic heterocycles. The number of rotatable bonds is 0. The Bertz CT molecular complexity index is 33.8. The maximum absolute atomic E-state index is 8.33. The van der Waals surface area contributed by atoms with Crippen LogP contribution in [0.4, 0.5) is 4.79 Å². The van der Waals surface area contributed by atoms with Crippen molar-refractivity contribution in [3.8, 4) is 0 Å². The van der Waals surface area contributed by atoms with Gasteiger partial charge >= 0.3 is 26.2 Å². The van der Waals surface area contributed by atoms with Gasteiger partial charge in [0, 0.05) is 0 Å². The van der Waals surface area contributed by atoms with Crippen molar-refractivity contribution in [3.63, 3.8) is 0 Å². The Balaban J connectivity index is -0.0000000450. The molecule has 0 aliphatic carbocycles. The summed E-state index contributed by atoms with van der Waals surface area (Å²) in [4.78, 5) is 8.33. The maximum Gasteiger partial charge on any atom is 4.00 e. The molecule has 0 unspecified atom stereocenters. The van der Waals surface area contributed by atoms with E-state index < -0.39 is 6.16 Å². The second kappa shape index (κ2) is 8.93. The number of carbonyl (C=O) groups is 1. The predicted octanol–water partition coefficient (Wildman–Crippen LogP) is -2.07. The van der Waals surface area contributed by atoms with Crippen molar-refractivity contribution in [3.05, 3.63) is 0 Å². The van der Waals surface area contributed by atoms with Gasteiger partial charge in [0.25, 0.3) is 0 Å². The van der Waals surface area contributed by atoms with Crippen LogP contribution in [0.1, 0.15) is 0 Å².